The molecule has 2 atom stereocenters. The van der Waals surface area contributed by atoms with Crippen LogP contribution in [0.3, 0.4) is 0 Å². The number of phosphoric ester groups is 1. The quantitative estimate of drug-likeness (QED) is 0.0174. The zero-order valence-electron chi connectivity index (χ0n) is 37.9. The first-order chi connectivity index (χ1) is 30.8. The second-order valence-electron chi connectivity index (χ2n) is 16.3. The molecule has 1 unspecified atom stereocenters. The number of carbonyl (C=O) groups excluding carboxylic acids is 2. The van der Waals surface area contributed by atoms with Gasteiger partial charge in [0.1, 0.15) is 31.3 Å². The molecule has 4 rings (SSSR count). The fourth-order valence-electron chi connectivity index (χ4n) is 5.91. The van der Waals surface area contributed by atoms with Crippen LogP contribution in [0.2, 0.25) is 0 Å². The minimum atomic E-state index is -4.54. The van der Waals surface area contributed by atoms with E-state index in [1.54, 1.807) is 48.5 Å². The van der Waals surface area contributed by atoms with Crippen LogP contribution in [-0.4, -0.2) is 88.1 Å². The molecule has 16 heteroatoms. The molecule has 0 saturated carbocycles. The molecule has 346 valence electrons. The molecule has 64 heavy (non-hydrogen) atoms. The molecule has 0 aliphatic rings. The molecule has 0 spiro atoms. The van der Waals surface area contributed by atoms with Crippen molar-refractivity contribution in [2.45, 2.75) is 84.2 Å². The van der Waals surface area contributed by atoms with Crippen LogP contribution in [0, 0.1) is 0 Å². The highest BCUT2D eigenvalue weighted by Gasteiger charge is 2.27. The van der Waals surface area contributed by atoms with Gasteiger partial charge >= 0.3 is 19.8 Å². The molecule has 0 heterocycles. The summed E-state index contributed by atoms with van der Waals surface area (Å²) < 4.78 is 45.2. The summed E-state index contributed by atoms with van der Waals surface area (Å²) in [5.41, 5.74) is 5.21. The number of esters is 2. The van der Waals surface area contributed by atoms with Crippen molar-refractivity contribution < 1.29 is 51.5 Å². The first kappa shape index (κ1) is 51.3. The van der Waals surface area contributed by atoms with Gasteiger partial charge in [0.15, 0.2) is 19.3 Å². The molecule has 0 aliphatic heterocycles. The van der Waals surface area contributed by atoms with Gasteiger partial charge in [0.25, 0.3) is 0 Å². The Balaban J connectivity index is 1.24. The van der Waals surface area contributed by atoms with Gasteiger partial charge in [0, 0.05) is 0 Å². The Bertz CT molecular complexity index is 2070. The summed E-state index contributed by atoms with van der Waals surface area (Å²) in [5, 5.41) is 17.2. The number of unbranched alkanes of at least 4 members (excludes halogenated alkanes) is 6. The third-order valence-corrected chi connectivity index (χ3v) is 10.6. The minimum Gasteiger partial charge on any atom is -0.482 e. The number of azo groups is 2. The van der Waals surface area contributed by atoms with Crippen LogP contribution in [0.1, 0.15) is 76.3 Å². The van der Waals surface area contributed by atoms with E-state index in [1.807, 2.05) is 45.4 Å². The number of hydrogen-bond acceptors (Lipinski definition) is 13. The predicted octanol–water partition coefficient (Wildman–Crippen LogP) is 11.5. The number of rotatable bonds is 30. The Hall–Kier alpha value is -5.31. The molecule has 0 aliphatic carbocycles. The first-order valence-electron chi connectivity index (χ1n) is 22.0. The van der Waals surface area contributed by atoms with E-state index in [0.717, 1.165) is 24.2 Å². The Kier molecular flexibility index (Phi) is 22.3. The van der Waals surface area contributed by atoms with Crippen LogP contribution >= 0.6 is 7.82 Å². The molecule has 4 aromatic rings. The summed E-state index contributed by atoms with van der Waals surface area (Å²) in [7, 11) is 1.16. The molecule has 0 saturated heterocycles. The van der Waals surface area contributed by atoms with Gasteiger partial charge in [-0.3, -0.25) is 9.05 Å². The van der Waals surface area contributed by atoms with E-state index in [9.17, 15) is 19.0 Å². The van der Waals surface area contributed by atoms with Crippen molar-refractivity contribution in [2.75, 3.05) is 60.7 Å². The van der Waals surface area contributed by atoms with E-state index in [2.05, 4.69) is 58.6 Å². The zero-order valence-corrected chi connectivity index (χ0v) is 38.8. The lowest BCUT2D eigenvalue weighted by molar-refractivity contribution is -0.870. The molecular formula is C48H65N5O10P+. The summed E-state index contributed by atoms with van der Waals surface area (Å²) in [6.45, 7) is 2.67. The molecule has 0 radical (unpaired) electrons. The number of likely N-dealkylation sites (N-methyl/N-ethyl adjacent to an activating group) is 1. The fraction of sp³-hybridized carbons (Fsp3) is 0.458. The van der Waals surface area contributed by atoms with Crippen LogP contribution in [0.15, 0.2) is 118 Å². The van der Waals surface area contributed by atoms with Crippen molar-refractivity contribution in [3.8, 4) is 11.5 Å². The van der Waals surface area contributed by atoms with Gasteiger partial charge in [-0.15, -0.1) is 0 Å². The van der Waals surface area contributed by atoms with Crippen molar-refractivity contribution in [1.29, 1.82) is 0 Å². The number of phosphoric acid groups is 1. The highest BCUT2D eigenvalue weighted by atomic mass is 31.2. The summed E-state index contributed by atoms with van der Waals surface area (Å²) >= 11 is 0. The van der Waals surface area contributed by atoms with Crippen LogP contribution in [0.5, 0.6) is 11.5 Å². The molecule has 15 nitrogen and oxygen atoms in total. The third-order valence-electron chi connectivity index (χ3n) is 9.63. The lowest BCUT2D eigenvalue weighted by Gasteiger charge is -2.24. The summed E-state index contributed by atoms with van der Waals surface area (Å²) in [5.74, 6) is -0.884. The van der Waals surface area contributed by atoms with Gasteiger partial charge in [0.05, 0.1) is 50.5 Å². The van der Waals surface area contributed by atoms with E-state index in [-0.39, 0.29) is 6.61 Å². The standard InChI is InChI=1S/C48H64N5O10P/c1-6-8-10-12-14-38-16-20-40(21-17-38)49-51-42-24-28-44(29-25-42)58-36-47(54)60-34-46(35-62-64(56,57)61-33-32-53(3,4)5)63-48(55)37-59-45-30-26-43(27-31-45)52-50-41-22-18-39(19-23-41)15-13-11-9-7-2/h16-31,46H,6-15,32-37H2,1-5H3/p+1/t46-/m1/s1. The largest absolute Gasteiger partial charge is 0.482 e. The Morgan fingerprint density at radius 1 is 0.578 bits per heavy atom. The maximum atomic E-state index is 12.9. The van der Waals surface area contributed by atoms with Crippen molar-refractivity contribution >= 4 is 42.5 Å². The molecule has 4 aromatic carbocycles. The Morgan fingerprint density at radius 3 is 1.42 bits per heavy atom. The molecule has 0 amide bonds. The number of carbonyl (C=O) groups is 2. The highest BCUT2D eigenvalue weighted by Crippen LogP contribution is 2.43. The molecule has 0 bridgehead atoms. The molecular weight excluding hydrogens is 838 g/mol. The summed E-state index contributed by atoms with van der Waals surface area (Å²) in [6, 6.07) is 29.4. The van der Waals surface area contributed by atoms with Gasteiger partial charge < -0.3 is 28.3 Å². The number of aryl methyl sites for hydroxylation is 2. The van der Waals surface area contributed by atoms with Crippen LogP contribution < -0.4 is 9.47 Å². The van der Waals surface area contributed by atoms with E-state index in [1.165, 1.54) is 62.5 Å². The topological polar surface area (TPSA) is 176 Å². The second kappa shape index (κ2) is 27.8. The maximum absolute atomic E-state index is 12.9. The van der Waals surface area contributed by atoms with E-state index in [4.69, 9.17) is 28.0 Å². The minimum absolute atomic E-state index is 0.0641. The number of benzene rings is 4. The number of quaternary nitrogens is 1. The van der Waals surface area contributed by atoms with Crippen LogP contribution in [0.4, 0.5) is 22.7 Å². The van der Waals surface area contributed by atoms with Crippen molar-refractivity contribution in [1.82, 2.24) is 0 Å². The molecule has 0 aromatic heterocycles. The number of ether oxygens (including phenoxy) is 4. The maximum Gasteiger partial charge on any atom is 0.472 e. The van der Waals surface area contributed by atoms with Crippen molar-refractivity contribution in [2.24, 2.45) is 20.5 Å². The highest BCUT2D eigenvalue weighted by molar-refractivity contribution is 7.47. The molecule has 0 fully saturated rings. The van der Waals surface area contributed by atoms with Crippen LogP contribution in [-0.2, 0) is 45.5 Å². The lowest BCUT2D eigenvalue weighted by Crippen LogP contribution is -2.37. The Labute approximate surface area is 378 Å². The summed E-state index contributed by atoms with van der Waals surface area (Å²) in [6.07, 6.45) is 10.5. The zero-order chi connectivity index (χ0) is 46.0. The third kappa shape index (κ3) is 21.9. The average molecular weight is 903 g/mol. The first-order valence-corrected chi connectivity index (χ1v) is 23.5. The SMILES string of the molecule is CCCCCCc1ccc(N=Nc2ccc(OCC(=O)OC[C@H](COP(=O)(O)OCC[N+](C)(C)C)OC(=O)COc3ccc(N=Nc4ccc(CCCCCC)cc4)cc3)cc2)cc1. The van der Waals surface area contributed by atoms with Crippen molar-refractivity contribution in [3.63, 3.8) is 0 Å². The smallest absolute Gasteiger partial charge is 0.472 e. The lowest BCUT2D eigenvalue weighted by atomic mass is 10.1. The summed E-state index contributed by atoms with van der Waals surface area (Å²) in [4.78, 5) is 35.8. The van der Waals surface area contributed by atoms with Gasteiger partial charge in [0.2, 0.25) is 0 Å². The number of hydrogen-bond donors (Lipinski definition) is 1. The van der Waals surface area contributed by atoms with Gasteiger partial charge in [-0.2, -0.15) is 20.5 Å². The van der Waals surface area contributed by atoms with Gasteiger partial charge in [-0.05, 0) is 110 Å². The predicted molar refractivity (Wildman–Crippen MR) is 246 cm³/mol. The van der Waals surface area contributed by atoms with E-state index in [0.29, 0.717) is 33.9 Å². The van der Waals surface area contributed by atoms with E-state index < -0.39 is 52.3 Å². The average Bonchev–Trinajstić information content (AvgIpc) is 3.28. The van der Waals surface area contributed by atoms with Gasteiger partial charge in [-0.25, -0.2) is 14.2 Å². The fourth-order valence-corrected chi connectivity index (χ4v) is 6.65. The molecule has 1 N–H and O–H groups in total. The monoisotopic (exact) mass is 902 g/mol. The second-order valence-corrected chi connectivity index (χ2v) is 17.8. The Morgan fingerprint density at radius 2 is 1.00 bits per heavy atom. The van der Waals surface area contributed by atoms with E-state index >= 15 is 0 Å². The van der Waals surface area contributed by atoms with Crippen molar-refractivity contribution in [3.05, 3.63) is 108 Å². The normalized spacial score (nSPS) is 13.2. The van der Waals surface area contributed by atoms with Gasteiger partial charge in [-0.1, -0.05) is 76.6 Å². The van der Waals surface area contributed by atoms with Crippen LogP contribution in [0.25, 0.3) is 0 Å². The number of nitrogens with zero attached hydrogens (tertiary/aromatic N) is 5.